The van der Waals surface area contributed by atoms with Crippen molar-refractivity contribution < 1.29 is 29.3 Å². The number of rotatable bonds is 5. The summed E-state index contributed by atoms with van der Waals surface area (Å²) in [6.45, 7) is 8.88. The lowest BCUT2D eigenvalue weighted by Crippen LogP contribution is -2.58. The van der Waals surface area contributed by atoms with Crippen molar-refractivity contribution in [1.82, 2.24) is 4.90 Å². The Morgan fingerprint density at radius 3 is 2.33 bits per heavy atom. The van der Waals surface area contributed by atoms with Crippen molar-refractivity contribution in [2.24, 2.45) is 5.73 Å². The Labute approximate surface area is 158 Å². The zero-order valence-corrected chi connectivity index (χ0v) is 16.4. The summed E-state index contributed by atoms with van der Waals surface area (Å²) in [6, 6.07) is 4.37. The van der Waals surface area contributed by atoms with E-state index in [1.54, 1.807) is 20.8 Å². The summed E-state index contributed by atoms with van der Waals surface area (Å²) in [5.41, 5.74) is 2.70. The summed E-state index contributed by atoms with van der Waals surface area (Å²) in [7, 11) is 0. The van der Waals surface area contributed by atoms with E-state index in [-0.39, 0.29) is 24.3 Å². The third kappa shape index (κ3) is 4.97. The van der Waals surface area contributed by atoms with E-state index in [2.05, 4.69) is 0 Å². The second kappa shape index (κ2) is 8.39. The number of benzene rings is 1. The molecule has 0 saturated carbocycles. The van der Waals surface area contributed by atoms with Crippen molar-refractivity contribution in [2.45, 2.75) is 65.3 Å². The molecule has 8 nitrogen and oxygen atoms in total. The molecule has 1 aliphatic heterocycles. The summed E-state index contributed by atoms with van der Waals surface area (Å²) in [5, 5.41) is 20.6. The van der Waals surface area contributed by atoms with Gasteiger partial charge in [0.1, 0.15) is 11.4 Å². The number of phenols is 1. The number of hydrogen-bond donors (Lipinski definition) is 3. The number of aromatic hydroxyl groups is 1. The van der Waals surface area contributed by atoms with Gasteiger partial charge >= 0.3 is 5.97 Å². The number of nitrogens with two attached hydrogens (primary N) is 1. The molecule has 0 aliphatic carbocycles. The van der Waals surface area contributed by atoms with Gasteiger partial charge in [0.05, 0.1) is 13.0 Å². The lowest BCUT2D eigenvalue weighted by molar-refractivity contribution is -0.164. The Bertz CT molecular complexity index is 725. The Kier molecular flexibility index (Phi) is 6.97. The molecule has 1 unspecified atom stereocenters. The fraction of sp³-hybridized carbons (Fsp3) is 0.526. The van der Waals surface area contributed by atoms with Crippen LogP contribution in [0.5, 0.6) is 5.75 Å². The van der Waals surface area contributed by atoms with Crippen LogP contribution in [0.25, 0.3) is 0 Å². The Morgan fingerprint density at radius 1 is 1.26 bits per heavy atom. The van der Waals surface area contributed by atoms with Crippen LogP contribution < -0.4 is 5.73 Å². The van der Waals surface area contributed by atoms with Crippen LogP contribution in [0.3, 0.4) is 0 Å². The van der Waals surface area contributed by atoms with Crippen LogP contribution in [0.1, 0.15) is 63.4 Å². The fourth-order valence-electron chi connectivity index (χ4n) is 2.68. The molecule has 4 N–H and O–H groups in total. The van der Waals surface area contributed by atoms with E-state index >= 15 is 0 Å². The number of carbonyl (C=O) groups is 3. The largest absolute Gasteiger partial charge is 0.508 e. The Balaban J connectivity index is 0.00000176. The molecular formula is C19H28N2O6. The van der Waals surface area contributed by atoms with E-state index < -0.39 is 35.5 Å². The minimum Gasteiger partial charge on any atom is -0.508 e. The molecule has 2 amide bonds. The molecule has 1 heterocycles. The third-order valence-electron chi connectivity index (χ3n) is 3.88. The van der Waals surface area contributed by atoms with Crippen molar-refractivity contribution in [2.75, 3.05) is 0 Å². The van der Waals surface area contributed by atoms with Gasteiger partial charge in [0.15, 0.2) is 0 Å². The highest BCUT2D eigenvalue weighted by atomic mass is 16.6. The molecule has 150 valence electrons. The second-order valence-electron chi connectivity index (χ2n) is 6.96. The maximum absolute atomic E-state index is 12.5. The summed E-state index contributed by atoms with van der Waals surface area (Å²) in [5.74, 6) is -2.54. The number of carbonyl (C=O) groups excluding carboxylic acids is 3. The van der Waals surface area contributed by atoms with Crippen LogP contribution in [0.4, 0.5) is 0 Å². The van der Waals surface area contributed by atoms with Gasteiger partial charge < -0.3 is 20.7 Å². The molecule has 0 bridgehead atoms. The normalized spacial score (nSPS) is 15.3. The highest BCUT2D eigenvalue weighted by Crippen LogP contribution is 2.35. The zero-order chi connectivity index (χ0) is 21.0. The summed E-state index contributed by atoms with van der Waals surface area (Å²) < 4.78 is 5.14. The smallest absolute Gasteiger partial charge is 0.306 e. The van der Waals surface area contributed by atoms with Gasteiger partial charge in [-0.2, -0.15) is 0 Å². The molecule has 8 heteroatoms. The van der Waals surface area contributed by atoms with Gasteiger partial charge in [-0.05, 0) is 32.9 Å². The Hall–Kier alpha value is -2.61. The molecule has 2 rings (SSSR count). The topological polar surface area (TPSA) is 130 Å². The fourth-order valence-corrected chi connectivity index (χ4v) is 2.68. The van der Waals surface area contributed by atoms with Crippen molar-refractivity contribution in [3.63, 3.8) is 0 Å². The third-order valence-corrected chi connectivity index (χ3v) is 3.88. The standard InChI is InChI=1S/C17H22N2O6.C2H6/c1-16(2,3)25-13(21)7-8-17(24,15(18)23)19-9-11-10(14(19)22)5-4-6-12(11)20;1-2/h4-6,20,24H,7-9H2,1-3H3,(H2,18,23);1-2H3. The molecular weight excluding hydrogens is 352 g/mol. The van der Waals surface area contributed by atoms with Crippen molar-refractivity contribution in [3.8, 4) is 5.75 Å². The first-order valence-electron chi connectivity index (χ1n) is 8.82. The maximum Gasteiger partial charge on any atom is 0.306 e. The SMILES string of the molecule is CC.CC(C)(C)OC(=O)CCC(O)(C(N)=O)N1Cc2c(O)cccc2C1=O. The number of primary amides is 1. The number of nitrogens with zero attached hydrogens (tertiary/aromatic N) is 1. The molecule has 0 fully saturated rings. The van der Waals surface area contributed by atoms with Gasteiger partial charge in [0.25, 0.3) is 11.8 Å². The van der Waals surface area contributed by atoms with Crippen LogP contribution in [-0.2, 0) is 20.9 Å². The second-order valence-corrected chi connectivity index (χ2v) is 6.96. The van der Waals surface area contributed by atoms with Crippen LogP contribution >= 0.6 is 0 Å². The molecule has 0 saturated heterocycles. The molecule has 0 spiro atoms. The quantitative estimate of drug-likeness (QED) is 0.666. The minimum atomic E-state index is -2.36. The molecule has 0 aromatic heterocycles. The highest BCUT2D eigenvalue weighted by Gasteiger charge is 2.48. The van der Waals surface area contributed by atoms with Crippen molar-refractivity contribution >= 4 is 17.8 Å². The molecule has 27 heavy (non-hydrogen) atoms. The highest BCUT2D eigenvalue weighted by molar-refractivity contribution is 6.02. The summed E-state index contributed by atoms with van der Waals surface area (Å²) >= 11 is 0. The average Bonchev–Trinajstić information content (AvgIpc) is 2.92. The first kappa shape index (κ1) is 22.4. The molecule has 1 atom stereocenters. The van der Waals surface area contributed by atoms with Crippen molar-refractivity contribution in [3.05, 3.63) is 29.3 Å². The average molecular weight is 380 g/mol. The predicted octanol–water partition coefficient (Wildman–Crippen LogP) is 1.67. The number of phenolic OH excluding ortho intramolecular Hbond substituents is 1. The number of fused-ring (bicyclic) bond motifs is 1. The number of ether oxygens (including phenoxy) is 1. The van der Waals surface area contributed by atoms with Crippen LogP contribution in [0.2, 0.25) is 0 Å². The van der Waals surface area contributed by atoms with Crippen molar-refractivity contribution in [1.29, 1.82) is 0 Å². The lowest BCUT2D eigenvalue weighted by Gasteiger charge is -2.34. The van der Waals surface area contributed by atoms with Gasteiger partial charge in [-0.1, -0.05) is 19.9 Å². The van der Waals surface area contributed by atoms with Crippen LogP contribution in [0, 0.1) is 0 Å². The number of hydrogen-bond acceptors (Lipinski definition) is 6. The van der Waals surface area contributed by atoms with Crippen LogP contribution in [0.15, 0.2) is 18.2 Å². The monoisotopic (exact) mass is 380 g/mol. The predicted molar refractivity (Wildman–Crippen MR) is 98.6 cm³/mol. The Morgan fingerprint density at radius 2 is 1.85 bits per heavy atom. The van der Waals surface area contributed by atoms with E-state index in [9.17, 15) is 24.6 Å². The maximum atomic E-state index is 12.5. The summed E-state index contributed by atoms with van der Waals surface area (Å²) in [4.78, 5) is 37.1. The zero-order valence-electron chi connectivity index (χ0n) is 16.4. The van der Waals surface area contributed by atoms with Gasteiger partial charge in [-0.25, -0.2) is 0 Å². The molecule has 1 aromatic rings. The van der Waals surface area contributed by atoms with Gasteiger partial charge in [0.2, 0.25) is 5.72 Å². The first-order valence-corrected chi connectivity index (χ1v) is 8.82. The van der Waals surface area contributed by atoms with Gasteiger partial charge in [-0.3, -0.25) is 19.3 Å². The van der Waals surface area contributed by atoms with Crippen LogP contribution in [-0.4, -0.2) is 44.2 Å². The number of aliphatic hydroxyl groups is 1. The van der Waals surface area contributed by atoms with E-state index in [1.807, 2.05) is 13.8 Å². The van der Waals surface area contributed by atoms with E-state index in [4.69, 9.17) is 10.5 Å². The summed E-state index contributed by atoms with van der Waals surface area (Å²) in [6.07, 6.45) is -0.708. The van der Waals surface area contributed by atoms with Gasteiger partial charge in [-0.15, -0.1) is 0 Å². The van der Waals surface area contributed by atoms with Gasteiger partial charge in [0, 0.05) is 17.5 Å². The van der Waals surface area contributed by atoms with E-state index in [0.29, 0.717) is 5.56 Å². The van der Waals surface area contributed by atoms with E-state index in [1.165, 1.54) is 18.2 Å². The van der Waals surface area contributed by atoms with E-state index in [0.717, 1.165) is 4.90 Å². The number of amides is 2. The molecule has 1 aromatic carbocycles. The molecule has 1 aliphatic rings. The first-order chi connectivity index (χ1) is 12.5. The lowest BCUT2D eigenvalue weighted by atomic mass is 10.0. The minimum absolute atomic E-state index is 0.118. The number of esters is 1. The molecule has 0 radical (unpaired) electrons.